The summed E-state index contributed by atoms with van der Waals surface area (Å²) in [6, 6.07) is 5.31. The molecule has 1 aromatic carbocycles. The van der Waals surface area contributed by atoms with Gasteiger partial charge in [-0.15, -0.1) is 0 Å². The van der Waals surface area contributed by atoms with Crippen LogP contribution < -0.4 is 21.1 Å². The number of nitrogens with two attached hydrogens (primary N) is 1. The van der Waals surface area contributed by atoms with Crippen LogP contribution in [-0.2, 0) is 4.79 Å². The van der Waals surface area contributed by atoms with Gasteiger partial charge in [-0.25, -0.2) is 0 Å². The second-order valence-corrected chi connectivity index (χ2v) is 4.42. The quantitative estimate of drug-likeness (QED) is 0.656. The number of hydrogen-bond donors (Lipinski definition) is 3. The summed E-state index contributed by atoms with van der Waals surface area (Å²) < 4.78 is 5.14. The maximum absolute atomic E-state index is 11.5. The van der Waals surface area contributed by atoms with Gasteiger partial charge in [-0.2, -0.15) is 0 Å². The lowest BCUT2D eigenvalue weighted by atomic mass is 10.1. The summed E-state index contributed by atoms with van der Waals surface area (Å²) in [7, 11) is 1.58. The number of hydrogen-bond acceptors (Lipinski definition) is 4. The average molecular weight is 281 g/mol. The minimum atomic E-state index is -0.0708. The number of methoxy groups -OCH3 is 1. The molecule has 0 aromatic heterocycles. The number of rotatable bonds is 7. The lowest BCUT2D eigenvalue weighted by Gasteiger charge is -2.12. The number of carbonyl (C=O) groups is 1. The van der Waals surface area contributed by atoms with Crippen molar-refractivity contribution in [2.75, 3.05) is 25.5 Å². The zero-order valence-electron chi connectivity index (χ0n) is 11.2. The van der Waals surface area contributed by atoms with Crippen molar-refractivity contribution >= 4 is 28.8 Å². The fourth-order valence-corrected chi connectivity index (χ4v) is 1.69. The summed E-state index contributed by atoms with van der Waals surface area (Å²) in [5.41, 5.74) is 7.03. The molecule has 0 spiro atoms. The topological polar surface area (TPSA) is 76.4 Å². The van der Waals surface area contributed by atoms with Crippen LogP contribution in [0.25, 0.3) is 0 Å². The molecule has 6 heteroatoms. The molecular formula is C13H19N3O2S. The highest BCUT2D eigenvalue weighted by Crippen LogP contribution is 2.22. The normalized spacial score (nSPS) is 9.79. The first-order valence-electron chi connectivity index (χ1n) is 6.07. The van der Waals surface area contributed by atoms with E-state index in [0.717, 1.165) is 6.42 Å². The summed E-state index contributed by atoms with van der Waals surface area (Å²) in [5.74, 6) is 0.607. The zero-order chi connectivity index (χ0) is 14.3. The van der Waals surface area contributed by atoms with Crippen molar-refractivity contribution in [1.82, 2.24) is 5.32 Å². The molecule has 0 saturated carbocycles. The van der Waals surface area contributed by atoms with Crippen LogP contribution in [0.15, 0.2) is 18.2 Å². The Morgan fingerprint density at radius 1 is 1.47 bits per heavy atom. The standard InChI is InChI=1S/C13H19N3O2S/c1-3-6-15-12(17)8-16-11-7-9(18-2)4-5-10(11)13(14)19/h4-5,7,16H,3,6,8H2,1-2H3,(H2,14,19)(H,15,17). The first kappa shape index (κ1) is 15.2. The van der Waals surface area contributed by atoms with E-state index in [1.165, 1.54) is 0 Å². The van der Waals surface area contributed by atoms with Crippen molar-refractivity contribution in [3.63, 3.8) is 0 Å². The van der Waals surface area contributed by atoms with Crippen molar-refractivity contribution in [3.8, 4) is 5.75 Å². The predicted octanol–water partition coefficient (Wildman–Crippen LogP) is 1.27. The molecule has 0 heterocycles. The van der Waals surface area contributed by atoms with E-state index < -0.39 is 0 Å². The number of nitrogens with one attached hydrogen (secondary N) is 2. The third-order valence-electron chi connectivity index (χ3n) is 2.50. The smallest absolute Gasteiger partial charge is 0.239 e. The summed E-state index contributed by atoms with van der Waals surface area (Å²) in [4.78, 5) is 11.8. The van der Waals surface area contributed by atoms with Gasteiger partial charge in [0.2, 0.25) is 5.91 Å². The van der Waals surface area contributed by atoms with Crippen LogP contribution in [-0.4, -0.2) is 31.1 Å². The van der Waals surface area contributed by atoms with Gasteiger partial charge in [0.25, 0.3) is 0 Å². The van der Waals surface area contributed by atoms with Crippen molar-refractivity contribution in [1.29, 1.82) is 0 Å². The summed E-state index contributed by atoms with van der Waals surface area (Å²) in [6.07, 6.45) is 0.906. The monoisotopic (exact) mass is 281 g/mol. The number of thiocarbonyl (C=S) groups is 1. The van der Waals surface area contributed by atoms with Crippen molar-refractivity contribution in [2.45, 2.75) is 13.3 Å². The molecule has 0 aliphatic heterocycles. The number of ether oxygens (including phenoxy) is 1. The summed E-state index contributed by atoms with van der Waals surface area (Å²) in [5, 5.41) is 5.80. The molecule has 1 rings (SSSR count). The van der Waals surface area contributed by atoms with Crippen LogP contribution in [0.4, 0.5) is 5.69 Å². The number of anilines is 1. The third kappa shape index (κ3) is 4.75. The van der Waals surface area contributed by atoms with E-state index in [9.17, 15) is 4.79 Å². The second-order valence-electron chi connectivity index (χ2n) is 3.98. The molecule has 0 saturated heterocycles. The molecule has 0 aliphatic rings. The van der Waals surface area contributed by atoms with Gasteiger partial charge < -0.3 is 21.1 Å². The van der Waals surface area contributed by atoms with Gasteiger partial charge >= 0.3 is 0 Å². The molecule has 0 radical (unpaired) electrons. The van der Waals surface area contributed by atoms with E-state index in [1.54, 1.807) is 25.3 Å². The van der Waals surface area contributed by atoms with Gasteiger partial charge in [0, 0.05) is 23.9 Å². The summed E-state index contributed by atoms with van der Waals surface area (Å²) in [6.45, 7) is 2.84. The molecule has 0 aliphatic carbocycles. The molecule has 1 amide bonds. The first-order valence-corrected chi connectivity index (χ1v) is 6.47. The highest BCUT2D eigenvalue weighted by atomic mass is 32.1. The van der Waals surface area contributed by atoms with E-state index in [0.29, 0.717) is 23.5 Å². The van der Waals surface area contributed by atoms with Crippen molar-refractivity contribution in [2.24, 2.45) is 5.73 Å². The molecular weight excluding hydrogens is 262 g/mol. The molecule has 5 nitrogen and oxygen atoms in total. The molecule has 0 atom stereocenters. The van der Waals surface area contributed by atoms with Crippen molar-refractivity contribution < 1.29 is 9.53 Å². The minimum Gasteiger partial charge on any atom is -0.497 e. The third-order valence-corrected chi connectivity index (χ3v) is 2.72. The van der Waals surface area contributed by atoms with Gasteiger partial charge in [-0.05, 0) is 18.6 Å². The molecule has 19 heavy (non-hydrogen) atoms. The van der Waals surface area contributed by atoms with Gasteiger partial charge in [0.05, 0.1) is 13.7 Å². The van der Waals surface area contributed by atoms with Gasteiger partial charge in [0.15, 0.2) is 0 Å². The Labute approximate surface area is 118 Å². The SMILES string of the molecule is CCCNC(=O)CNc1cc(OC)ccc1C(N)=S. The van der Waals surface area contributed by atoms with Crippen LogP contribution in [0.3, 0.4) is 0 Å². The highest BCUT2D eigenvalue weighted by Gasteiger charge is 2.08. The Hall–Kier alpha value is -1.82. The largest absolute Gasteiger partial charge is 0.497 e. The van der Waals surface area contributed by atoms with Gasteiger partial charge in [0.1, 0.15) is 10.7 Å². The van der Waals surface area contributed by atoms with E-state index in [-0.39, 0.29) is 17.4 Å². The Morgan fingerprint density at radius 2 is 2.21 bits per heavy atom. The number of amides is 1. The fraction of sp³-hybridized carbons (Fsp3) is 0.385. The van der Waals surface area contributed by atoms with Gasteiger partial charge in [-0.3, -0.25) is 4.79 Å². The van der Waals surface area contributed by atoms with E-state index in [2.05, 4.69) is 10.6 Å². The maximum atomic E-state index is 11.5. The van der Waals surface area contributed by atoms with Crippen LogP contribution in [0.5, 0.6) is 5.75 Å². The number of benzene rings is 1. The van der Waals surface area contributed by atoms with E-state index >= 15 is 0 Å². The fourth-order valence-electron chi connectivity index (χ4n) is 1.51. The van der Waals surface area contributed by atoms with Crippen molar-refractivity contribution in [3.05, 3.63) is 23.8 Å². The molecule has 0 unspecified atom stereocenters. The molecule has 104 valence electrons. The highest BCUT2D eigenvalue weighted by molar-refractivity contribution is 7.80. The molecule has 0 bridgehead atoms. The van der Waals surface area contributed by atoms with Crippen LogP contribution >= 0.6 is 12.2 Å². The lowest BCUT2D eigenvalue weighted by Crippen LogP contribution is -2.30. The van der Waals surface area contributed by atoms with Crippen LogP contribution in [0.1, 0.15) is 18.9 Å². The van der Waals surface area contributed by atoms with Crippen LogP contribution in [0.2, 0.25) is 0 Å². The van der Waals surface area contributed by atoms with Crippen LogP contribution in [0, 0.1) is 0 Å². The van der Waals surface area contributed by atoms with E-state index in [1.807, 2.05) is 6.92 Å². The lowest BCUT2D eigenvalue weighted by molar-refractivity contribution is -0.119. The predicted molar refractivity (Wildman–Crippen MR) is 80.7 cm³/mol. The minimum absolute atomic E-state index is 0.0708. The zero-order valence-corrected chi connectivity index (χ0v) is 12.0. The molecule has 0 fully saturated rings. The Morgan fingerprint density at radius 3 is 2.79 bits per heavy atom. The van der Waals surface area contributed by atoms with Gasteiger partial charge in [-0.1, -0.05) is 19.1 Å². The Kier molecular flexibility index (Phi) is 6.08. The summed E-state index contributed by atoms with van der Waals surface area (Å²) >= 11 is 4.98. The number of carbonyl (C=O) groups excluding carboxylic acids is 1. The average Bonchev–Trinajstić information content (AvgIpc) is 2.42. The molecule has 1 aromatic rings. The van der Waals surface area contributed by atoms with E-state index in [4.69, 9.17) is 22.7 Å². The molecule has 4 N–H and O–H groups in total. The first-order chi connectivity index (χ1) is 9.08. The maximum Gasteiger partial charge on any atom is 0.239 e. The Bertz CT molecular complexity index is 463. The second kappa shape index (κ2) is 7.58. The Balaban J connectivity index is 2.74.